The normalized spacial score (nSPS) is 17.5. The molecule has 0 aliphatic heterocycles. The molecule has 0 fully saturated rings. The number of halogens is 3. The van der Waals surface area contributed by atoms with Crippen LogP contribution in [0.4, 0.5) is 0 Å². The maximum absolute atomic E-state index is 2.51. The fraction of sp³-hybridized carbons (Fsp3) is 0.290. The number of allylic oxidation sites excluding steroid dienone is 4. The summed E-state index contributed by atoms with van der Waals surface area (Å²) in [5, 5.41) is 3.06. The van der Waals surface area contributed by atoms with Crippen LogP contribution in [0, 0.1) is 0 Å². The number of hydrogen-bond acceptors (Lipinski definition) is 0. The molecule has 0 saturated carbocycles. The summed E-state index contributed by atoms with van der Waals surface area (Å²) >= 11 is 2.51. The van der Waals surface area contributed by atoms with Crippen LogP contribution in [0.1, 0.15) is 52.7 Å². The molecule has 3 aromatic carbocycles. The summed E-state index contributed by atoms with van der Waals surface area (Å²) in [4.78, 5) is 0. The van der Waals surface area contributed by atoms with E-state index in [1.165, 1.54) is 44.3 Å². The summed E-state index contributed by atoms with van der Waals surface area (Å²) in [7, 11) is -1.44. The van der Waals surface area contributed by atoms with Crippen molar-refractivity contribution in [2.45, 2.75) is 56.7 Å². The standard InChI is InChI=1S/C31H35Si.3ClH.Ti/c1-22-23(2)29(30(24(22)3)25-14-13-15-26(20-25)31(4,5)6)21-32(27-16-9-7-10-17-27)28-18-11-8-12-19-28;;;;/h7-20,32H,21H2,1-6H3;3*1H;/q;;;;+3/p-3. The van der Waals surface area contributed by atoms with Crippen molar-refractivity contribution in [2.24, 2.45) is 0 Å². The molecule has 0 N–H and O–H groups in total. The second-order valence-electron chi connectivity index (χ2n) is 10.6. The van der Waals surface area contributed by atoms with Gasteiger partial charge >= 0.3 is 215 Å². The van der Waals surface area contributed by atoms with E-state index in [-0.39, 0.29) is 46.4 Å². The van der Waals surface area contributed by atoms with Crippen molar-refractivity contribution in [1.82, 2.24) is 0 Å². The van der Waals surface area contributed by atoms with Crippen molar-refractivity contribution >= 4 is 24.7 Å². The summed E-state index contributed by atoms with van der Waals surface area (Å²) in [6, 6.07) is 33.0. The van der Waals surface area contributed by atoms with Gasteiger partial charge in [-0.1, -0.05) is 0 Å². The Morgan fingerprint density at radius 3 is 1.67 bits per heavy atom. The van der Waals surface area contributed by atoms with E-state index in [0.717, 1.165) is 0 Å². The smallest absolute Gasteiger partial charge is 1.00 e. The van der Waals surface area contributed by atoms with E-state index in [2.05, 4.69) is 147 Å². The van der Waals surface area contributed by atoms with Gasteiger partial charge in [-0.3, -0.25) is 0 Å². The summed E-state index contributed by atoms with van der Waals surface area (Å²) in [5.41, 5.74) is 8.96. The molecule has 0 saturated heterocycles. The average molecular weight is 590 g/mol. The fourth-order valence-corrected chi connectivity index (χ4v) is 10.4. The van der Waals surface area contributed by atoms with Crippen LogP contribution in [0.3, 0.4) is 0 Å². The molecule has 0 spiro atoms. The molecule has 3 aromatic rings. The van der Waals surface area contributed by atoms with Gasteiger partial charge in [0, 0.05) is 0 Å². The zero-order chi connectivity index (χ0) is 23.8. The first-order valence-corrected chi connectivity index (χ1v) is 14.7. The summed E-state index contributed by atoms with van der Waals surface area (Å²) in [6.45, 7) is 14.0. The Hall–Kier alpha value is -1.06. The van der Waals surface area contributed by atoms with Gasteiger partial charge in [0.05, 0.1) is 0 Å². The van der Waals surface area contributed by atoms with Crippen LogP contribution in [0.25, 0.3) is 5.57 Å². The second-order valence-corrected chi connectivity index (χ2v) is 14.7. The van der Waals surface area contributed by atoms with Crippen LogP contribution in [0.2, 0.25) is 9.76 Å². The average Bonchev–Trinajstić information content (AvgIpc) is 2.98. The van der Waals surface area contributed by atoms with E-state index in [1.54, 1.807) is 5.57 Å². The molecule has 0 radical (unpaired) electrons. The van der Waals surface area contributed by atoms with E-state index < -0.39 is 8.80 Å². The second kappa shape index (κ2) is 13.1. The quantitative estimate of drug-likeness (QED) is 0.299. The van der Waals surface area contributed by atoms with Gasteiger partial charge in [0.25, 0.3) is 0 Å². The molecule has 36 heavy (non-hydrogen) atoms. The first kappa shape index (κ1) is 33.0. The Balaban J connectivity index is 0.00000216. The maximum Gasteiger partial charge on any atom is -1.00 e. The van der Waals surface area contributed by atoms with Crippen LogP contribution in [-0.2, 0) is 25.9 Å². The Morgan fingerprint density at radius 1 is 0.694 bits per heavy atom. The third-order valence-corrected chi connectivity index (χ3v) is 12.8. The molecule has 0 aromatic heterocycles. The SMILES string of the molecule is CC1=C(C)[C]([Ti+3])(C[SiH](c2ccccc2)c2ccccc2)C(c2cccc(C(C)(C)C)c2)=C1C.[Cl-].[Cl-].[Cl-]. The molecule has 5 heteroatoms. The van der Waals surface area contributed by atoms with Crippen LogP contribution in [0.5, 0.6) is 0 Å². The molecule has 0 heterocycles. The molecule has 1 atom stereocenters. The van der Waals surface area contributed by atoms with Crippen molar-refractivity contribution in [3.63, 3.8) is 0 Å². The molecule has 0 bridgehead atoms. The van der Waals surface area contributed by atoms with Crippen molar-refractivity contribution in [3.05, 3.63) is 113 Å². The molecule has 1 aliphatic rings. The van der Waals surface area contributed by atoms with Gasteiger partial charge in [-0.2, -0.15) is 0 Å². The first-order valence-electron chi connectivity index (χ1n) is 12.0. The number of benzene rings is 3. The third-order valence-electron chi connectivity index (χ3n) is 7.50. The van der Waals surface area contributed by atoms with Crippen LogP contribution >= 0.6 is 0 Å². The molecule has 188 valence electrons. The zero-order valence-corrected chi connectivity index (χ0v) is 27.0. The van der Waals surface area contributed by atoms with Crippen molar-refractivity contribution < 1.29 is 57.7 Å². The summed E-state index contributed by atoms with van der Waals surface area (Å²) in [6.07, 6.45) is 0. The minimum Gasteiger partial charge on any atom is -1.00 e. The van der Waals surface area contributed by atoms with Gasteiger partial charge in [-0.25, -0.2) is 0 Å². The minimum atomic E-state index is -1.44. The minimum absolute atomic E-state index is 0. The molecule has 4 rings (SSSR count). The van der Waals surface area contributed by atoms with E-state index in [0.29, 0.717) is 0 Å². The topological polar surface area (TPSA) is 0 Å². The molecule has 1 aliphatic carbocycles. The van der Waals surface area contributed by atoms with Gasteiger partial charge < -0.3 is 37.2 Å². The van der Waals surface area contributed by atoms with Crippen LogP contribution < -0.4 is 47.6 Å². The molecular formula is C31H35Cl3SiTi. The Kier molecular flexibility index (Phi) is 12.0. The molecule has 1 unspecified atom stereocenters. The van der Waals surface area contributed by atoms with Crippen LogP contribution in [0.15, 0.2) is 102 Å². The Bertz CT molecular complexity index is 1170. The van der Waals surface area contributed by atoms with Gasteiger partial charge in [0.1, 0.15) is 0 Å². The van der Waals surface area contributed by atoms with Crippen molar-refractivity contribution in [3.8, 4) is 0 Å². The first-order chi connectivity index (χ1) is 15.6. The fourth-order valence-electron chi connectivity index (χ4n) is 5.26. The largest absolute Gasteiger partial charge is 1.00 e. The van der Waals surface area contributed by atoms with Crippen molar-refractivity contribution in [2.75, 3.05) is 0 Å². The predicted molar refractivity (Wildman–Crippen MR) is 143 cm³/mol. The summed E-state index contributed by atoms with van der Waals surface area (Å²) in [5.74, 6) is 0. The molecular weight excluding hydrogens is 555 g/mol. The van der Waals surface area contributed by atoms with Gasteiger partial charge in [0.2, 0.25) is 0 Å². The van der Waals surface area contributed by atoms with Crippen molar-refractivity contribution in [1.29, 1.82) is 0 Å². The Labute approximate surface area is 250 Å². The number of rotatable bonds is 5. The molecule has 0 nitrogen and oxygen atoms in total. The van der Waals surface area contributed by atoms with E-state index in [4.69, 9.17) is 0 Å². The van der Waals surface area contributed by atoms with E-state index >= 15 is 0 Å². The maximum atomic E-state index is 2.51. The van der Waals surface area contributed by atoms with E-state index in [9.17, 15) is 0 Å². The predicted octanol–water partition coefficient (Wildman–Crippen LogP) is -2.13. The Morgan fingerprint density at radius 2 is 1.19 bits per heavy atom. The van der Waals surface area contributed by atoms with Gasteiger partial charge in [0.15, 0.2) is 0 Å². The van der Waals surface area contributed by atoms with E-state index in [1.807, 2.05) is 0 Å². The van der Waals surface area contributed by atoms with Gasteiger partial charge in [-0.15, -0.1) is 0 Å². The van der Waals surface area contributed by atoms with Crippen LogP contribution in [-0.4, -0.2) is 8.80 Å². The van der Waals surface area contributed by atoms with Gasteiger partial charge in [-0.05, 0) is 0 Å². The zero-order valence-electron chi connectivity index (χ0n) is 22.0. The molecule has 0 amide bonds. The summed E-state index contributed by atoms with van der Waals surface area (Å²) < 4.78 is 0.0350. The number of hydrogen-bond donors (Lipinski definition) is 0. The monoisotopic (exact) mass is 588 g/mol. The third kappa shape index (κ3) is 6.49.